The molecule has 4 rings (SSSR count). The maximum Gasteiger partial charge on any atom is 0.268 e. The monoisotopic (exact) mass is 587 g/mol. The molecule has 2 amide bonds. The van der Waals surface area contributed by atoms with Crippen LogP contribution in [0, 0.1) is 6.92 Å². The van der Waals surface area contributed by atoms with Crippen LogP contribution in [0.25, 0.3) is 10.9 Å². The van der Waals surface area contributed by atoms with Crippen molar-refractivity contribution in [2.45, 2.75) is 90.7 Å². The first kappa shape index (κ1) is 31.2. The third kappa shape index (κ3) is 7.98. The second kappa shape index (κ2) is 13.1. The fourth-order valence-corrected chi connectivity index (χ4v) is 6.00. The zero-order valence-electron chi connectivity index (χ0n) is 25.8. The molecule has 0 aliphatic heterocycles. The Kier molecular flexibility index (Phi) is 9.73. The third-order valence-electron chi connectivity index (χ3n) is 8.32. The van der Waals surface area contributed by atoms with Crippen LogP contribution in [0.3, 0.4) is 0 Å². The lowest BCUT2D eigenvalue weighted by molar-refractivity contribution is -0.116. The van der Waals surface area contributed by atoms with Crippen LogP contribution in [0.4, 0.5) is 5.69 Å². The number of carbonyl (C=O) groups is 2. The SMILES string of the molecule is Cc1ccc(CCCC(=O)Nc2ccc3ccn(CCC[C@@H](O[Si](C)(C)C(C)(C)C)n4cnc(C(N)=O)c4)c3c2)cc1. The highest BCUT2D eigenvalue weighted by Crippen LogP contribution is 2.39. The fourth-order valence-electron chi connectivity index (χ4n) is 4.73. The van der Waals surface area contributed by atoms with Gasteiger partial charge in [-0.1, -0.05) is 56.7 Å². The molecule has 0 unspecified atom stereocenters. The summed E-state index contributed by atoms with van der Waals surface area (Å²) in [5.41, 5.74) is 10.1. The highest BCUT2D eigenvalue weighted by Gasteiger charge is 2.39. The van der Waals surface area contributed by atoms with Crippen LogP contribution in [-0.2, 0) is 22.2 Å². The van der Waals surface area contributed by atoms with Gasteiger partial charge >= 0.3 is 0 Å². The summed E-state index contributed by atoms with van der Waals surface area (Å²) >= 11 is 0. The number of primary amides is 1. The number of hydrogen-bond donors (Lipinski definition) is 2. The van der Waals surface area contributed by atoms with E-state index in [4.69, 9.17) is 10.2 Å². The van der Waals surface area contributed by atoms with E-state index >= 15 is 0 Å². The van der Waals surface area contributed by atoms with Crippen LogP contribution in [0.1, 0.15) is 74.3 Å². The van der Waals surface area contributed by atoms with Crippen LogP contribution in [-0.4, -0.2) is 34.2 Å². The summed E-state index contributed by atoms with van der Waals surface area (Å²) < 4.78 is 10.9. The van der Waals surface area contributed by atoms with Crippen molar-refractivity contribution >= 4 is 36.7 Å². The van der Waals surface area contributed by atoms with Crippen molar-refractivity contribution in [1.82, 2.24) is 14.1 Å². The molecule has 8 nitrogen and oxygen atoms in total. The molecule has 224 valence electrons. The number of nitrogens with two attached hydrogens (primary N) is 1. The molecule has 0 spiro atoms. The molecule has 0 aliphatic rings. The summed E-state index contributed by atoms with van der Waals surface area (Å²) in [6.45, 7) is 14.0. The molecule has 3 N–H and O–H groups in total. The first-order chi connectivity index (χ1) is 19.8. The Hall–Kier alpha value is -3.69. The molecule has 0 bridgehead atoms. The number of imidazole rings is 1. The number of amides is 2. The number of anilines is 1. The van der Waals surface area contributed by atoms with Gasteiger partial charge in [0, 0.05) is 31.0 Å². The number of hydrogen-bond acceptors (Lipinski definition) is 4. The van der Waals surface area contributed by atoms with E-state index in [2.05, 4.69) is 92.2 Å². The van der Waals surface area contributed by atoms with Gasteiger partial charge in [0.1, 0.15) is 11.9 Å². The molecule has 4 aromatic rings. The van der Waals surface area contributed by atoms with Gasteiger partial charge in [0.15, 0.2) is 8.32 Å². The van der Waals surface area contributed by atoms with Crippen molar-refractivity contribution in [3.63, 3.8) is 0 Å². The lowest BCUT2D eigenvalue weighted by Gasteiger charge is -2.39. The first-order valence-electron chi connectivity index (χ1n) is 14.8. The number of aryl methyl sites for hydroxylation is 3. The summed E-state index contributed by atoms with van der Waals surface area (Å²) in [6, 6.07) is 16.6. The number of rotatable bonds is 13. The molecule has 2 heterocycles. The van der Waals surface area contributed by atoms with Crippen LogP contribution in [0.5, 0.6) is 0 Å². The second-order valence-electron chi connectivity index (χ2n) is 12.7. The van der Waals surface area contributed by atoms with Gasteiger partial charge in [-0.05, 0) is 79.9 Å². The van der Waals surface area contributed by atoms with Crippen molar-refractivity contribution < 1.29 is 14.0 Å². The Balaban J connectivity index is 1.38. The average molecular weight is 588 g/mol. The average Bonchev–Trinajstić information content (AvgIpc) is 3.56. The summed E-state index contributed by atoms with van der Waals surface area (Å²) in [5.74, 6) is -0.520. The van der Waals surface area contributed by atoms with Crippen LogP contribution in [0.15, 0.2) is 67.3 Å². The number of nitrogens with one attached hydrogen (secondary N) is 1. The van der Waals surface area contributed by atoms with E-state index in [9.17, 15) is 9.59 Å². The molecule has 9 heteroatoms. The summed E-state index contributed by atoms with van der Waals surface area (Å²) in [4.78, 5) is 28.5. The molecule has 0 saturated carbocycles. The van der Waals surface area contributed by atoms with E-state index in [1.807, 2.05) is 22.8 Å². The number of aromatic nitrogens is 3. The predicted octanol–water partition coefficient (Wildman–Crippen LogP) is 7.21. The Morgan fingerprint density at radius 2 is 1.81 bits per heavy atom. The molecule has 2 aromatic carbocycles. The summed E-state index contributed by atoms with van der Waals surface area (Å²) in [7, 11) is -2.10. The van der Waals surface area contributed by atoms with Gasteiger partial charge in [-0.15, -0.1) is 0 Å². The topological polar surface area (TPSA) is 104 Å². The highest BCUT2D eigenvalue weighted by molar-refractivity contribution is 6.74. The molecule has 1 atom stereocenters. The minimum atomic E-state index is -2.10. The number of carbonyl (C=O) groups excluding carboxylic acids is 2. The lowest BCUT2D eigenvalue weighted by Crippen LogP contribution is -2.42. The summed E-state index contributed by atoms with van der Waals surface area (Å²) in [6.07, 6.45) is 8.93. The Labute approximate surface area is 250 Å². The van der Waals surface area contributed by atoms with Gasteiger partial charge in [0.2, 0.25) is 5.91 Å². The van der Waals surface area contributed by atoms with Crippen LogP contribution in [0.2, 0.25) is 18.1 Å². The van der Waals surface area contributed by atoms with Gasteiger partial charge in [-0.25, -0.2) is 4.98 Å². The smallest absolute Gasteiger partial charge is 0.268 e. The van der Waals surface area contributed by atoms with Crippen molar-refractivity contribution in [2.75, 3.05) is 5.32 Å². The Morgan fingerprint density at radius 3 is 2.48 bits per heavy atom. The molecule has 0 radical (unpaired) electrons. The number of fused-ring (bicyclic) bond motifs is 1. The van der Waals surface area contributed by atoms with Gasteiger partial charge < -0.3 is 24.6 Å². The normalized spacial score (nSPS) is 12.9. The molecule has 0 aliphatic carbocycles. The largest absolute Gasteiger partial charge is 0.397 e. The van der Waals surface area contributed by atoms with E-state index in [0.717, 1.165) is 48.8 Å². The second-order valence-corrected chi connectivity index (χ2v) is 17.5. The quantitative estimate of drug-likeness (QED) is 0.161. The molecule has 42 heavy (non-hydrogen) atoms. The van der Waals surface area contributed by atoms with Gasteiger partial charge in [0.05, 0.1) is 11.8 Å². The molecule has 0 fully saturated rings. The molecular weight excluding hydrogens is 542 g/mol. The fraction of sp³-hybridized carbons (Fsp3) is 0.424. The zero-order chi connectivity index (χ0) is 30.5. The van der Waals surface area contributed by atoms with Gasteiger partial charge in [-0.3, -0.25) is 9.59 Å². The van der Waals surface area contributed by atoms with E-state index in [1.54, 1.807) is 12.5 Å². The van der Waals surface area contributed by atoms with Crippen LogP contribution >= 0.6 is 0 Å². The Bertz CT molecular complexity index is 1510. The van der Waals surface area contributed by atoms with Crippen LogP contribution < -0.4 is 11.1 Å². The lowest BCUT2D eigenvalue weighted by atomic mass is 10.1. The van der Waals surface area contributed by atoms with Crippen molar-refractivity contribution in [3.8, 4) is 0 Å². The minimum Gasteiger partial charge on any atom is -0.397 e. The number of benzene rings is 2. The molecule has 0 saturated heterocycles. The number of nitrogens with zero attached hydrogens (tertiary/aromatic N) is 3. The predicted molar refractivity (Wildman–Crippen MR) is 172 cm³/mol. The van der Waals surface area contributed by atoms with E-state index in [1.165, 1.54) is 11.1 Å². The van der Waals surface area contributed by atoms with Crippen molar-refractivity contribution in [3.05, 3.63) is 84.1 Å². The summed E-state index contributed by atoms with van der Waals surface area (Å²) in [5, 5.41) is 4.24. The third-order valence-corrected chi connectivity index (χ3v) is 12.8. The van der Waals surface area contributed by atoms with Crippen molar-refractivity contribution in [2.24, 2.45) is 5.73 Å². The maximum atomic E-state index is 12.7. The standard InChI is InChI=1S/C33H45N5O3Si/c1-24-12-14-25(15-13-24)9-7-10-30(39)36-27-17-16-26-18-20-37(29(26)21-27)19-8-11-31(41-42(5,6)33(2,3)4)38-22-28(32(34)40)35-23-38/h12-18,20-23,31H,7-11,19H2,1-6H3,(H2,34,40)(H,36,39)/t31-/m1/s1. The first-order valence-corrected chi connectivity index (χ1v) is 17.7. The highest BCUT2D eigenvalue weighted by atomic mass is 28.4. The maximum absolute atomic E-state index is 12.7. The van der Waals surface area contributed by atoms with Gasteiger partial charge in [0.25, 0.3) is 5.91 Å². The molecular formula is C33H45N5O3Si. The van der Waals surface area contributed by atoms with E-state index in [-0.39, 0.29) is 22.9 Å². The molecule has 2 aromatic heterocycles. The zero-order valence-corrected chi connectivity index (χ0v) is 26.8. The van der Waals surface area contributed by atoms with E-state index in [0.29, 0.717) is 6.42 Å². The van der Waals surface area contributed by atoms with E-state index < -0.39 is 14.2 Å². The van der Waals surface area contributed by atoms with Crippen molar-refractivity contribution in [1.29, 1.82) is 0 Å². The van der Waals surface area contributed by atoms with Gasteiger partial charge in [-0.2, -0.15) is 0 Å². The Morgan fingerprint density at radius 1 is 1.07 bits per heavy atom. The minimum absolute atomic E-state index is 0.0286.